The highest BCUT2D eigenvalue weighted by Gasteiger charge is 2.22. The number of rotatable bonds is 3. The molecule has 1 aliphatic heterocycles. The molecule has 2 heterocycles. The second kappa shape index (κ2) is 4.40. The second-order valence-electron chi connectivity index (χ2n) is 3.68. The summed E-state index contributed by atoms with van der Waals surface area (Å²) in [6.07, 6.45) is 1.02. The maximum absolute atomic E-state index is 11.0. The molecule has 0 bridgehead atoms. The Morgan fingerprint density at radius 2 is 2.06 bits per heavy atom. The van der Waals surface area contributed by atoms with Gasteiger partial charge < -0.3 is 5.11 Å². The van der Waals surface area contributed by atoms with Crippen LogP contribution in [0.4, 0.5) is 0 Å². The molecule has 7 nitrogen and oxygen atoms in total. The lowest BCUT2D eigenvalue weighted by atomic mass is 10.1. The van der Waals surface area contributed by atoms with Gasteiger partial charge in [-0.3, -0.25) is 9.69 Å². The number of carbonyl (C=O) groups excluding carboxylic acids is 1. The Balaban J connectivity index is 2.01. The Labute approximate surface area is 91.0 Å². The van der Waals surface area contributed by atoms with Gasteiger partial charge in [0.05, 0.1) is 0 Å². The maximum atomic E-state index is 11.0. The fourth-order valence-electron chi connectivity index (χ4n) is 1.65. The van der Waals surface area contributed by atoms with Crippen LogP contribution in [0.5, 0.6) is 0 Å². The van der Waals surface area contributed by atoms with Crippen LogP contribution in [0.25, 0.3) is 0 Å². The molecule has 1 saturated heterocycles. The summed E-state index contributed by atoms with van der Waals surface area (Å²) in [4.78, 5) is 23.7. The van der Waals surface area contributed by atoms with Crippen molar-refractivity contribution in [1.82, 2.24) is 15.2 Å². The molecule has 1 fully saturated rings. The van der Waals surface area contributed by atoms with Crippen molar-refractivity contribution in [3.05, 3.63) is 11.4 Å². The van der Waals surface area contributed by atoms with Crippen LogP contribution in [0.1, 0.15) is 29.0 Å². The SMILES string of the molecule is O=C1CCN(Cc2nonc2C(=O)O)CC1. The van der Waals surface area contributed by atoms with E-state index in [9.17, 15) is 9.59 Å². The zero-order valence-corrected chi connectivity index (χ0v) is 8.55. The average molecular weight is 225 g/mol. The molecule has 7 heteroatoms. The van der Waals surface area contributed by atoms with Crippen molar-refractivity contribution in [2.24, 2.45) is 0 Å². The molecule has 1 aromatic heterocycles. The van der Waals surface area contributed by atoms with Crippen molar-refractivity contribution in [2.75, 3.05) is 13.1 Å². The summed E-state index contributed by atoms with van der Waals surface area (Å²) in [6.45, 7) is 1.62. The Morgan fingerprint density at radius 3 is 2.69 bits per heavy atom. The number of piperidine rings is 1. The highest BCUT2D eigenvalue weighted by atomic mass is 16.6. The van der Waals surface area contributed by atoms with Crippen LogP contribution in [0, 0.1) is 0 Å². The number of carbonyl (C=O) groups is 2. The molecule has 0 saturated carbocycles. The fraction of sp³-hybridized carbons (Fsp3) is 0.556. The minimum Gasteiger partial charge on any atom is -0.476 e. The van der Waals surface area contributed by atoms with Crippen molar-refractivity contribution >= 4 is 11.8 Å². The van der Waals surface area contributed by atoms with E-state index < -0.39 is 5.97 Å². The molecular formula is C9H11N3O4. The minimum absolute atomic E-state index is 0.156. The van der Waals surface area contributed by atoms with Gasteiger partial charge in [0, 0.05) is 32.5 Å². The van der Waals surface area contributed by atoms with Crippen molar-refractivity contribution in [1.29, 1.82) is 0 Å². The van der Waals surface area contributed by atoms with Crippen LogP contribution in [0.15, 0.2) is 4.63 Å². The molecule has 1 aliphatic rings. The summed E-state index contributed by atoms with van der Waals surface area (Å²) in [5.74, 6) is -0.905. The van der Waals surface area contributed by atoms with Crippen molar-refractivity contribution in [3.8, 4) is 0 Å². The van der Waals surface area contributed by atoms with Crippen LogP contribution in [-0.2, 0) is 11.3 Å². The molecule has 0 atom stereocenters. The normalized spacial score (nSPS) is 17.6. The second-order valence-corrected chi connectivity index (χ2v) is 3.68. The van der Waals surface area contributed by atoms with Gasteiger partial charge in [-0.25, -0.2) is 9.42 Å². The molecule has 0 unspecified atom stereocenters. The van der Waals surface area contributed by atoms with Gasteiger partial charge in [-0.05, 0) is 5.16 Å². The van der Waals surface area contributed by atoms with Gasteiger partial charge in [-0.15, -0.1) is 0 Å². The van der Waals surface area contributed by atoms with Gasteiger partial charge in [-0.1, -0.05) is 5.16 Å². The van der Waals surface area contributed by atoms with E-state index in [1.54, 1.807) is 0 Å². The topological polar surface area (TPSA) is 96.5 Å². The number of likely N-dealkylation sites (tertiary alicyclic amines) is 1. The summed E-state index contributed by atoms with van der Waals surface area (Å²) >= 11 is 0. The van der Waals surface area contributed by atoms with Crippen molar-refractivity contribution in [3.63, 3.8) is 0 Å². The standard InChI is InChI=1S/C9H11N3O4/c13-6-1-3-12(4-2-6)5-7-8(9(14)15)11-16-10-7/h1-5H2,(H,14,15). The van der Waals surface area contributed by atoms with Crippen LogP contribution in [-0.4, -0.2) is 45.2 Å². The van der Waals surface area contributed by atoms with E-state index in [1.807, 2.05) is 4.90 Å². The first-order valence-electron chi connectivity index (χ1n) is 4.95. The van der Waals surface area contributed by atoms with E-state index in [0.717, 1.165) is 0 Å². The zero-order chi connectivity index (χ0) is 11.5. The van der Waals surface area contributed by atoms with Gasteiger partial charge >= 0.3 is 5.97 Å². The van der Waals surface area contributed by atoms with E-state index in [2.05, 4.69) is 14.9 Å². The molecule has 0 aliphatic carbocycles. The molecule has 0 aromatic carbocycles. The maximum Gasteiger partial charge on any atom is 0.360 e. The van der Waals surface area contributed by atoms with Gasteiger partial charge in [0.2, 0.25) is 5.69 Å². The van der Waals surface area contributed by atoms with E-state index in [-0.39, 0.29) is 11.5 Å². The number of carboxylic acid groups (broad SMARTS) is 1. The third kappa shape index (κ3) is 2.25. The number of carboxylic acids is 1. The number of hydrogen-bond donors (Lipinski definition) is 1. The predicted molar refractivity (Wildman–Crippen MR) is 50.8 cm³/mol. The summed E-state index contributed by atoms with van der Waals surface area (Å²) < 4.78 is 4.40. The van der Waals surface area contributed by atoms with Gasteiger partial charge in [0.15, 0.2) is 0 Å². The monoisotopic (exact) mass is 225 g/mol. The number of ketones is 1. The molecule has 0 spiro atoms. The number of hydrogen-bond acceptors (Lipinski definition) is 6. The number of Topliss-reactive ketones (excluding diaryl/α,β-unsaturated/α-hetero) is 1. The Hall–Kier alpha value is -1.76. The molecule has 0 radical (unpaired) electrons. The Bertz CT molecular complexity index is 405. The molecule has 2 rings (SSSR count). The average Bonchev–Trinajstić information content (AvgIpc) is 2.69. The first-order valence-corrected chi connectivity index (χ1v) is 4.95. The van der Waals surface area contributed by atoms with Crippen LogP contribution in [0.3, 0.4) is 0 Å². The third-order valence-electron chi connectivity index (χ3n) is 2.55. The molecular weight excluding hydrogens is 214 g/mol. The van der Waals surface area contributed by atoms with Gasteiger partial charge in [-0.2, -0.15) is 0 Å². The molecule has 0 amide bonds. The molecule has 1 aromatic rings. The lowest BCUT2D eigenvalue weighted by Crippen LogP contribution is -2.33. The van der Waals surface area contributed by atoms with Crippen LogP contribution in [0.2, 0.25) is 0 Å². The number of nitrogens with zero attached hydrogens (tertiary/aromatic N) is 3. The van der Waals surface area contributed by atoms with E-state index in [0.29, 0.717) is 38.2 Å². The van der Waals surface area contributed by atoms with Crippen LogP contribution < -0.4 is 0 Å². The summed E-state index contributed by atoms with van der Waals surface area (Å²) in [5, 5.41) is 15.7. The first-order chi connectivity index (χ1) is 7.66. The molecule has 16 heavy (non-hydrogen) atoms. The van der Waals surface area contributed by atoms with Gasteiger partial charge in [0.25, 0.3) is 0 Å². The fourth-order valence-corrected chi connectivity index (χ4v) is 1.65. The minimum atomic E-state index is -1.15. The molecule has 1 N–H and O–H groups in total. The highest BCUT2D eigenvalue weighted by molar-refractivity contribution is 5.86. The van der Waals surface area contributed by atoms with Crippen LogP contribution >= 0.6 is 0 Å². The van der Waals surface area contributed by atoms with Crippen molar-refractivity contribution < 1.29 is 19.3 Å². The lowest BCUT2D eigenvalue weighted by molar-refractivity contribution is -0.121. The summed E-state index contributed by atoms with van der Waals surface area (Å²) in [5.41, 5.74) is 0.152. The zero-order valence-electron chi connectivity index (χ0n) is 8.55. The number of aromatic carboxylic acids is 1. The van der Waals surface area contributed by atoms with E-state index in [1.165, 1.54) is 0 Å². The number of aromatic nitrogens is 2. The van der Waals surface area contributed by atoms with E-state index >= 15 is 0 Å². The highest BCUT2D eigenvalue weighted by Crippen LogP contribution is 2.11. The van der Waals surface area contributed by atoms with E-state index in [4.69, 9.17) is 5.11 Å². The summed E-state index contributed by atoms with van der Waals surface area (Å²) in [7, 11) is 0. The Kier molecular flexibility index (Phi) is 2.95. The van der Waals surface area contributed by atoms with Gasteiger partial charge in [0.1, 0.15) is 11.5 Å². The molecule has 86 valence electrons. The quantitative estimate of drug-likeness (QED) is 0.769. The Morgan fingerprint density at radius 1 is 1.38 bits per heavy atom. The lowest BCUT2D eigenvalue weighted by Gasteiger charge is -2.24. The first kappa shape index (κ1) is 10.7. The van der Waals surface area contributed by atoms with Crippen molar-refractivity contribution in [2.45, 2.75) is 19.4 Å². The third-order valence-corrected chi connectivity index (χ3v) is 2.55. The summed E-state index contributed by atoms with van der Waals surface area (Å²) in [6, 6.07) is 0. The largest absolute Gasteiger partial charge is 0.476 e. The smallest absolute Gasteiger partial charge is 0.360 e. The predicted octanol–water partition coefficient (Wildman–Crippen LogP) is -0.0673.